The van der Waals surface area contributed by atoms with Crippen LogP contribution in [0.25, 0.3) is 0 Å². The van der Waals surface area contributed by atoms with Gasteiger partial charge in [0.15, 0.2) is 11.6 Å². The number of carbonyl (C=O) groups is 2. The predicted octanol–water partition coefficient (Wildman–Crippen LogP) is 2.92. The van der Waals surface area contributed by atoms with E-state index in [0.717, 1.165) is 17.7 Å². The van der Waals surface area contributed by atoms with Crippen LogP contribution in [0.1, 0.15) is 5.56 Å². The van der Waals surface area contributed by atoms with E-state index in [0.29, 0.717) is 11.4 Å². The lowest BCUT2D eigenvalue weighted by atomic mass is 10.1. The van der Waals surface area contributed by atoms with Gasteiger partial charge in [0, 0.05) is 11.6 Å². The Balaban J connectivity index is 1.84. The first-order valence-corrected chi connectivity index (χ1v) is 7.13. The maximum atomic E-state index is 13.4. The molecule has 2 rings (SSSR count). The summed E-state index contributed by atoms with van der Waals surface area (Å²) in [6.45, 7) is 0.222. The molecule has 0 fully saturated rings. The number of hydrogen-bond donors (Lipinski definition) is 2. The molecule has 0 saturated heterocycles. The van der Waals surface area contributed by atoms with E-state index < -0.39 is 23.4 Å². The van der Waals surface area contributed by atoms with Crippen molar-refractivity contribution >= 4 is 29.1 Å². The zero-order chi connectivity index (χ0) is 16.8. The van der Waals surface area contributed by atoms with Crippen molar-refractivity contribution in [1.82, 2.24) is 5.32 Å². The summed E-state index contributed by atoms with van der Waals surface area (Å²) >= 11 is 5.76. The first kappa shape index (κ1) is 16.9. The minimum Gasteiger partial charge on any atom is -0.347 e. The summed E-state index contributed by atoms with van der Waals surface area (Å²) in [6, 6.07) is 10.4. The van der Waals surface area contributed by atoms with Gasteiger partial charge in [0.25, 0.3) is 0 Å². The second kappa shape index (κ2) is 7.69. The Bertz CT molecular complexity index is 721. The second-order valence-corrected chi connectivity index (χ2v) is 5.12. The Morgan fingerprint density at radius 3 is 2.39 bits per heavy atom. The molecular formula is C16H13ClF2N2O2. The van der Waals surface area contributed by atoms with Gasteiger partial charge in [0.1, 0.15) is 0 Å². The van der Waals surface area contributed by atoms with Gasteiger partial charge in [-0.25, -0.2) is 8.78 Å². The Hall–Kier alpha value is -2.47. The Labute approximate surface area is 136 Å². The van der Waals surface area contributed by atoms with E-state index in [-0.39, 0.29) is 12.2 Å². The first-order chi connectivity index (χ1) is 11.0. The molecule has 2 N–H and O–H groups in total. The van der Waals surface area contributed by atoms with Gasteiger partial charge in [-0.2, -0.15) is 0 Å². The van der Waals surface area contributed by atoms with Crippen LogP contribution in [0.4, 0.5) is 14.5 Å². The smallest absolute Gasteiger partial charge is 0.313 e. The second-order valence-electron chi connectivity index (χ2n) is 4.69. The van der Waals surface area contributed by atoms with Gasteiger partial charge in [-0.3, -0.25) is 9.59 Å². The molecule has 0 atom stereocenters. The van der Waals surface area contributed by atoms with Gasteiger partial charge in [0.2, 0.25) is 0 Å². The van der Waals surface area contributed by atoms with Crippen molar-refractivity contribution in [3.8, 4) is 0 Å². The van der Waals surface area contributed by atoms with Crippen molar-refractivity contribution in [2.75, 3.05) is 11.9 Å². The summed E-state index contributed by atoms with van der Waals surface area (Å²) in [5, 5.41) is 5.03. The normalized spacial score (nSPS) is 10.2. The standard InChI is InChI=1S/C16H13ClF2N2O2/c17-11-6-4-10(5-7-11)8-9-20-15(22)16(23)21-13-3-1-2-12(18)14(13)19/h1-7H,8-9H2,(H,20,22)(H,21,23). The molecule has 120 valence electrons. The van der Waals surface area contributed by atoms with Crippen molar-refractivity contribution in [3.05, 3.63) is 64.7 Å². The lowest BCUT2D eigenvalue weighted by molar-refractivity contribution is -0.136. The minimum atomic E-state index is -1.21. The van der Waals surface area contributed by atoms with Gasteiger partial charge >= 0.3 is 11.8 Å². The number of benzene rings is 2. The fourth-order valence-electron chi connectivity index (χ4n) is 1.83. The molecule has 0 saturated carbocycles. The van der Waals surface area contributed by atoms with Gasteiger partial charge in [0.05, 0.1) is 5.69 Å². The Morgan fingerprint density at radius 2 is 1.70 bits per heavy atom. The van der Waals surface area contributed by atoms with Crippen LogP contribution in [-0.4, -0.2) is 18.4 Å². The summed E-state index contributed by atoms with van der Waals surface area (Å²) in [5.41, 5.74) is 0.550. The molecule has 2 aromatic rings. The van der Waals surface area contributed by atoms with Gasteiger partial charge in [-0.05, 0) is 36.2 Å². The Kier molecular flexibility index (Phi) is 5.65. The van der Waals surface area contributed by atoms with Crippen LogP contribution in [0.2, 0.25) is 5.02 Å². The molecule has 0 bridgehead atoms. The zero-order valence-electron chi connectivity index (χ0n) is 11.9. The summed E-state index contributed by atoms with van der Waals surface area (Å²) in [4.78, 5) is 23.3. The third kappa shape index (κ3) is 4.75. The van der Waals surface area contributed by atoms with E-state index in [2.05, 4.69) is 5.32 Å². The minimum absolute atomic E-state index is 0.222. The highest BCUT2D eigenvalue weighted by molar-refractivity contribution is 6.39. The number of anilines is 1. The molecule has 2 aromatic carbocycles. The molecule has 0 heterocycles. The van der Waals surface area contributed by atoms with Crippen LogP contribution in [0.5, 0.6) is 0 Å². The third-order valence-electron chi connectivity index (χ3n) is 3.02. The maximum Gasteiger partial charge on any atom is 0.313 e. The van der Waals surface area contributed by atoms with Crippen LogP contribution in [0.3, 0.4) is 0 Å². The highest BCUT2D eigenvalue weighted by Gasteiger charge is 2.16. The zero-order valence-corrected chi connectivity index (χ0v) is 12.7. The Morgan fingerprint density at radius 1 is 1.00 bits per heavy atom. The van der Waals surface area contributed by atoms with Gasteiger partial charge < -0.3 is 10.6 Å². The average Bonchev–Trinajstić information content (AvgIpc) is 2.53. The molecule has 0 unspecified atom stereocenters. The highest BCUT2D eigenvalue weighted by Crippen LogP contribution is 2.16. The molecule has 0 aliphatic rings. The predicted molar refractivity (Wildman–Crippen MR) is 83.2 cm³/mol. The molecule has 0 aliphatic carbocycles. The van der Waals surface area contributed by atoms with Crippen molar-refractivity contribution in [2.45, 2.75) is 6.42 Å². The lowest BCUT2D eigenvalue weighted by Crippen LogP contribution is -2.36. The lowest BCUT2D eigenvalue weighted by Gasteiger charge is -2.07. The average molecular weight is 339 g/mol. The van der Waals surface area contributed by atoms with E-state index in [1.165, 1.54) is 6.07 Å². The number of amides is 2. The van der Waals surface area contributed by atoms with Crippen LogP contribution in [0.15, 0.2) is 42.5 Å². The molecule has 23 heavy (non-hydrogen) atoms. The third-order valence-corrected chi connectivity index (χ3v) is 3.27. The summed E-state index contributed by atoms with van der Waals surface area (Å²) in [5.74, 6) is -4.31. The van der Waals surface area contributed by atoms with Gasteiger partial charge in [-0.15, -0.1) is 0 Å². The van der Waals surface area contributed by atoms with E-state index in [4.69, 9.17) is 11.6 Å². The van der Waals surface area contributed by atoms with Crippen molar-refractivity contribution in [1.29, 1.82) is 0 Å². The fraction of sp³-hybridized carbons (Fsp3) is 0.125. The number of halogens is 3. The van der Waals surface area contributed by atoms with Crippen LogP contribution < -0.4 is 10.6 Å². The molecule has 2 amide bonds. The van der Waals surface area contributed by atoms with E-state index in [1.54, 1.807) is 24.3 Å². The van der Waals surface area contributed by atoms with Crippen LogP contribution in [-0.2, 0) is 16.0 Å². The molecule has 0 aliphatic heterocycles. The highest BCUT2D eigenvalue weighted by atomic mass is 35.5. The molecule has 7 heteroatoms. The van der Waals surface area contributed by atoms with Crippen LogP contribution >= 0.6 is 11.6 Å². The number of rotatable bonds is 4. The quantitative estimate of drug-likeness (QED) is 0.842. The SMILES string of the molecule is O=C(NCCc1ccc(Cl)cc1)C(=O)Nc1cccc(F)c1F. The fourth-order valence-corrected chi connectivity index (χ4v) is 1.96. The summed E-state index contributed by atoms with van der Waals surface area (Å²) in [6.07, 6.45) is 0.504. The van der Waals surface area contributed by atoms with E-state index in [1.807, 2.05) is 5.32 Å². The summed E-state index contributed by atoms with van der Waals surface area (Å²) < 4.78 is 26.4. The maximum absolute atomic E-state index is 13.4. The van der Waals surface area contributed by atoms with Gasteiger partial charge in [-0.1, -0.05) is 29.8 Å². The van der Waals surface area contributed by atoms with Crippen LogP contribution in [0, 0.1) is 11.6 Å². The van der Waals surface area contributed by atoms with Crippen molar-refractivity contribution < 1.29 is 18.4 Å². The molecule has 4 nitrogen and oxygen atoms in total. The van der Waals surface area contributed by atoms with Crippen molar-refractivity contribution in [2.24, 2.45) is 0 Å². The monoisotopic (exact) mass is 338 g/mol. The topological polar surface area (TPSA) is 58.2 Å². The van der Waals surface area contributed by atoms with Crippen molar-refractivity contribution in [3.63, 3.8) is 0 Å². The van der Waals surface area contributed by atoms with E-state index >= 15 is 0 Å². The number of carbonyl (C=O) groups excluding carboxylic acids is 2. The molecule has 0 spiro atoms. The molecule has 0 aromatic heterocycles. The van der Waals surface area contributed by atoms with E-state index in [9.17, 15) is 18.4 Å². The number of hydrogen-bond acceptors (Lipinski definition) is 2. The number of nitrogens with one attached hydrogen (secondary N) is 2. The molecule has 0 radical (unpaired) electrons. The first-order valence-electron chi connectivity index (χ1n) is 6.75. The largest absolute Gasteiger partial charge is 0.347 e. The molecular weight excluding hydrogens is 326 g/mol. The summed E-state index contributed by atoms with van der Waals surface area (Å²) in [7, 11) is 0.